The van der Waals surface area contributed by atoms with Crippen molar-refractivity contribution in [3.63, 3.8) is 0 Å². The second-order valence-corrected chi connectivity index (χ2v) is 5.08. The van der Waals surface area contributed by atoms with E-state index in [4.69, 9.17) is 4.42 Å². The number of benzene rings is 1. The highest BCUT2D eigenvalue weighted by Gasteiger charge is 2.15. The lowest BCUT2D eigenvalue weighted by molar-refractivity contribution is -0.402. The van der Waals surface area contributed by atoms with Crippen molar-refractivity contribution < 1.29 is 9.34 Å². The van der Waals surface area contributed by atoms with Gasteiger partial charge in [-0.3, -0.25) is 10.1 Å². The summed E-state index contributed by atoms with van der Waals surface area (Å²) < 4.78 is 5.10. The summed E-state index contributed by atoms with van der Waals surface area (Å²) in [5, 5.41) is 14.8. The summed E-state index contributed by atoms with van der Waals surface area (Å²) in [6, 6.07) is 11.0. The summed E-state index contributed by atoms with van der Waals surface area (Å²) >= 11 is 1.64. The van der Waals surface area contributed by atoms with Gasteiger partial charge < -0.3 is 9.73 Å². The molecule has 2 heterocycles. The van der Waals surface area contributed by atoms with Crippen molar-refractivity contribution in [2.24, 2.45) is 0 Å². The summed E-state index contributed by atoms with van der Waals surface area (Å²) in [5.41, 5.74) is 1.09. The Kier molecular flexibility index (Phi) is 3.00. The lowest BCUT2D eigenvalue weighted by atomic mass is 10.3. The topological polar surface area (TPSA) is 68.3 Å². The summed E-state index contributed by atoms with van der Waals surface area (Å²) in [7, 11) is 0. The fourth-order valence-corrected chi connectivity index (χ4v) is 2.74. The predicted octanol–water partition coefficient (Wildman–Crippen LogP) is 3.79. The van der Waals surface area contributed by atoms with E-state index in [1.165, 1.54) is 11.0 Å². The van der Waals surface area contributed by atoms with Gasteiger partial charge in [0.15, 0.2) is 0 Å². The van der Waals surface area contributed by atoms with Gasteiger partial charge in [0, 0.05) is 11.3 Å². The average Bonchev–Trinajstić information content (AvgIpc) is 3.02. The first-order chi connectivity index (χ1) is 9.22. The number of furan rings is 1. The van der Waals surface area contributed by atoms with E-state index in [-0.39, 0.29) is 5.88 Å². The molecule has 6 heteroatoms. The predicted molar refractivity (Wildman–Crippen MR) is 73.1 cm³/mol. The molecular weight excluding hydrogens is 264 g/mol. The van der Waals surface area contributed by atoms with Crippen LogP contribution in [0.15, 0.2) is 56.8 Å². The molecule has 1 aromatic carbocycles. The van der Waals surface area contributed by atoms with Crippen LogP contribution < -0.4 is 5.32 Å². The number of allylic oxidation sites excluding steroid dienone is 1. The molecule has 0 saturated carbocycles. The maximum atomic E-state index is 10.5. The van der Waals surface area contributed by atoms with Crippen molar-refractivity contribution in [1.29, 1.82) is 0 Å². The number of nitro groups is 1. The van der Waals surface area contributed by atoms with Crippen LogP contribution in [0.25, 0.3) is 0 Å². The molecule has 0 aliphatic carbocycles. The Morgan fingerprint density at radius 3 is 2.89 bits per heavy atom. The molecule has 5 nitrogen and oxygen atoms in total. The molecule has 1 N–H and O–H groups in total. The third kappa shape index (κ3) is 2.48. The molecule has 0 saturated heterocycles. The average molecular weight is 274 g/mol. The lowest BCUT2D eigenvalue weighted by Gasteiger charge is -1.97. The zero-order valence-electron chi connectivity index (χ0n) is 9.83. The molecule has 0 spiro atoms. The largest absolute Gasteiger partial charge is 0.433 e. The van der Waals surface area contributed by atoms with Crippen molar-refractivity contribution in [2.75, 3.05) is 5.32 Å². The third-order valence-corrected chi connectivity index (χ3v) is 3.75. The van der Waals surface area contributed by atoms with Gasteiger partial charge >= 0.3 is 5.88 Å². The minimum Gasteiger partial charge on any atom is -0.406 e. The van der Waals surface area contributed by atoms with Crippen molar-refractivity contribution in [3.8, 4) is 0 Å². The smallest absolute Gasteiger partial charge is 0.406 e. The van der Waals surface area contributed by atoms with Gasteiger partial charge in [0.2, 0.25) is 0 Å². The van der Waals surface area contributed by atoms with Gasteiger partial charge in [-0.15, -0.1) is 0 Å². The van der Waals surface area contributed by atoms with Crippen LogP contribution in [0.4, 0.5) is 11.6 Å². The van der Waals surface area contributed by atoms with Crippen LogP contribution in [0.5, 0.6) is 0 Å². The number of fused-ring (bicyclic) bond motifs is 1. The number of para-hydroxylation sites is 1. The number of nitrogens with zero attached hydrogens (tertiary/aromatic N) is 1. The molecule has 0 unspecified atom stereocenters. The van der Waals surface area contributed by atoms with Crippen LogP contribution in [0.2, 0.25) is 0 Å². The maximum absolute atomic E-state index is 10.5. The van der Waals surface area contributed by atoms with Crippen LogP contribution >= 0.6 is 11.8 Å². The molecular formula is C13H10N2O3S. The van der Waals surface area contributed by atoms with Crippen molar-refractivity contribution in [3.05, 3.63) is 63.4 Å². The Hall–Kier alpha value is -2.21. The monoisotopic (exact) mass is 274 g/mol. The van der Waals surface area contributed by atoms with Gasteiger partial charge in [0.25, 0.3) is 0 Å². The number of rotatable bonds is 3. The molecule has 1 aliphatic heterocycles. The first kappa shape index (κ1) is 11.9. The molecule has 0 atom stereocenters. The summed E-state index contributed by atoms with van der Waals surface area (Å²) in [4.78, 5) is 11.2. The van der Waals surface area contributed by atoms with E-state index in [1.54, 1.807) is 17.8 Å². The highest BCUT2D eigenvalue weighted by Crippen LogP contribution is 2.40. The van der Waals surface area contributed by atoms with Crippen molar-refractivity contribution >= 4 is 23.3 Å². The van der Waals surface area contributed by atoms with Crippen LogP contribution in [0, 0.1) is 10.1 Å². The van der Waals surface area contributed by atoms with Gasteiger partial charge in [-0.05, 0) is 24.3 Å². The van der Waals surface area contributed by atoms with Gasteiger partial charge in [-0.1, -0.05) is 23.9 Å². The normalized spacial score (nSPS) is 15.3. The molecule has 0 fully saturated rings. The Morgan fingerprint density at radius 1 is 1.32 bits per heavy atom. The minimum absolute atomic E-state index is 0.219. The number of nitrogens with one attached hydrogen (secondary N) is 1. The number of hydrogen-bond acceptors (Lipinski definition) is 5. The highest BCUT2D eigenvalue weighted by molar-refractivity contribution is 8.03. The molecule has 3 rings (SSSR count). The zero-order valence-corrected chi connectivity index (χ0v) is 10.6. The maximum Gasteiger partial charge on any atom is 0.433 e. The molecule has 0 amide bonds. The molecule has 2 aromatic rings. The summed E-state index contributed by atoms with van der Waals surface area (Å²) in [6.45, 7) is 0. The second-order valence-electron chi connectivity index (χ2n) is 3.99. The first-order valence-electron chi connectivity index (χ1n) is 5.69. The van der Waals surface area contributed by atoms with E-state index < -0.39 is 4.92 Å². The standard InChI is InChI=1S/C13H10N2O3S/c16-15(17)13-8-6-9(18-13)5-7-12-14-10-3-1-2-4-11(10)19-12/h1-4,6-8,14H,5H2/b12-7+. The second kappa shape index (κ2) is 4.81. The summed E-state index contributed by atoms with van der Waals surface area (Å²) in [6.07, 6.45) is 2.49. The number of hydrogen-bond donors (Lipinski definition) is 1. The van der Waals surface area contributed by atoms with Gasteiger partial charge in [-0.2, -0.15) is 0 Å². The quantitative estimate of drug-likeness (QED) is 0.681. The number of anilines is 1. The van der Waals surface area contributed by atoms with Crippen molar-refractivity contribution in [2.45, 2.75) is 11.3 Å². The Morgan fingerprint density at radius 2 is 2.16 bits per heavy atom. The zero-order chi connectivity index (χ0) is 13.2. The third-order valence-electron chi connectivity index (χ3n) is 2.68. The Bertz CT molecular complexity index is 636. The van der Waals surface area contributed by atoms with E-state index in [1.807, 2.05) is 30.3 Å². The van der Waals surface area contributed by atoms with E-state index in [9.17, 15) is 10.1 Å². The molecule has 19 heavy (non-hydrogen) atoms. The van der Waals surface area contributed by atoms with Crippen LogP contribution in [-0.2, 0) is 6.42 Å². The lowest BCUT2D eigenvalue weighted by Crippen LogP contribution is -1.89. The minimum atomic E-state index is -0.533. The van der Waals surface area contributed by atoms with Crippen LogP contribution in [0.3, 0.4) is 0 Å². The van der Waals surface area contributed by atoms with E-state index in [0.717, 1.165) is 10.7 Å². The Balaban J connectivity index is 1.70. The van der Waals surface area contributed by atoms with Crippen LogP contribution in [-0.4, -0.2) is 4.92 Å². The van der Waals surface area contributed by atoms with Crippen LogP contribution in [0.1, 0.15) is 5.76 Å². The summed E-state index contributed by atoms with van der Waals surface area (Å²) in [5.74, 6) is 0.362. The van der Waals surface area contributed by atoms with E-state index in [2.05, 4.69) is 5.32 Å². The SMILES string of the molecule is O=[N+]([O-])c1ccc(C/C=C2\Nc3ccccc3S2)o1. The number of thioether (sulfide) groups is 1. The molecule has 0 radical (unpaired) electrons. The fraction of sp³-hybridized carbons (Fsp3) is 0.0769. The van der Waals surface area contributed by atoms with Gasteiger partial charge in [0.1, 0.15) is 10.7 Å². The van der Waals surface area contributed by atoms with Gasteiger partial charge in [0.05, 0.1) is 16.8 Å². The fourth-order valence-electron chi connectivity index (χ4n) is 1.80. The highest BCUT2D eigenvalue weighted by atomic mass is 32.2. The van der Waals surface area contributed by atoms with E-state index in [0.29, 0.717) is 12.2 Å². The molecule has 96 valence electrons. The van der Waals surface area contributed by atoms with E-state index >= 15 is 0 Å². The van der Waals surface area contributed by atoms with Crippen molar-refractivity contribution in [1.82, 2.24) is 0 Å². The van der Waals surface area contributed by atoms with Gasteiger partial charge in [-0.25, -0.2) is 0 Å². The molecule has 0 bridgehead atoms. The Labute approximate surface area is 113 Å². The molecule has 1 aliphatic rings. The first-order valence-corrected chi connectivity index (χ1v) is 6.51. The molecule has 1 aromatic heterocycles.